The molecule has 11 atom stereocenters. The number of aliphatic hydroxyl groups excluding tert-OH is 4. The molecule has 4 aliphatic rings. The van der Waals surface area contributed by atoms with Crippen molar-refractivity contribution in [2.24, 2.45) is 23.3 Å². The Balaban J connectivity index is 1.21. The molecule has 91 heavy (non-hydrogen) atoms. The van der Waals surface area contributed by atoms with E-state index >= 15 is 4.21 Å². The Bertz CT molecular complexity index is 2990. The van der Waals surface area contributed by atoms with Gasteiger partial charge in [0.15, 0.2) is 0 Å². The van der Waals surface area contributed by atoms with Gasteiger partial charge < -0.3 is 83.3 Å². The fourth-order valence-corrected chi connectivity index (χ4v) is 14.0. The van der Waals surface area contributed by atoms with Gasteiger partial charge in [0.25, 0.3) is 11.8 Å². The normalized spacial score (nSPS) is 23.4. The summed E-state index contributed by atoms with van der Waals surface area (Å²) in [5.74, 6) is -9.00. The Morgan fingerprint density at radius 2 is 1.57 bits per heavy atom. The number of aromatic amines is 1. The number of amides is 11. The number of ether oxygens (including phenoxy) is 1. The van der Waals surface area contributed by atoms with Crippen molar-refractivity contribution in [3.63, 3.8) is 0 Å². The second kappa shape index (κ2) is 35.1. The Hall–Kier alpha value is -7.03. The van der Waals surface area contributed by atoms with Crippen molar-refractivity contribution in [1.29, 1.82) is 0 Å². The number of imide groups is 1. The number of thioether (sulfide) groups is 1. The summed E-state index contributed by atoms with van der Waals surface area (Å²) in [6.07, 6.45) is 4.72. The average Bonchev–Trinajstić information content (AvgIpc) is 1.64. The first-order chi connectivity index (χ1) is 43.4. The first-order valence-electron chi connectivity index (χ1n) is 31.1. The van der Waals surface area contributed by atoms with Crippen LogP contribution < -0.4 is 48.1 Å². The molecule has 0 aliphatic carbocycles. The maximum absolute atomic E-state index is 15.2. The summed E-state index contributed by atoms with van der Waals surface area (Å²) in [4.78, 5) is 153. The number of unbranched alkanes of at least 4 members (excludes halogenated alkanes) is 4. The molecule has 29 nitrogen and oxygen atoms in total. The van der Waals surface area contributed by atoms with Gasteiger partial charge in [0.1, 0.15) is 34.9 Å². The summed E-state index contributed by atoms with van der Waals surface area (Å²) in [5.41, 5.74) is 13.0. The van der Waals surface area contributed by atoms with Crippen LogP contribution in [0, 0.1) is 11.8 Å². The smallest absolute Gasteiger partial charge is 0.253 e. The van der Waals surface area contributed by atoms with Crippen molar-refractivity contribution in [3.8, 4) is 5.75 Å². The molecular weight excluding hydrogens is 1220 g/mol. The van der Waals surface area contributed by atoms with Crippen molar-refractivity contribution in [2.75, 3.05) is 65.3 Å². The summed E-state index contributed by atoms with van der Waals surface area (Å²) in [5, 5.41) is 58.7. The van der Waals surface area contributed by atoms with Crippen LogP contribution in [0.1, 0.15) is 115 Å². The van der Waals surface area contributed by atoms with Gasteiger partial charge in [-0.05, 0) is 68.6 Å². The number of nitrogens with one attached hydrogen (secondary N) is 7. The Morgan fingerprint density at radius 3 is 2.23 bits per heavy atom. The summed E-state index contributed by atoms with van der Waals surface area (Å²) < 4.78 is 21.1. The first kappa shape index (κ1) is 73.0. The molecule has 11 amide bonds. The van der Waals surface area contributed by atoms with Crippen LogP contribution in [-0.4, -0.2) is 228 Å². The van der Waals surface area contributed by atoms with Crippen molar-refractivity contribution in [1.82, 2.24) is 51.6 Å². The summed E-state index contributed by atoms with van der Waals surface area (Å²) in [6, 6.07) is -5.66. The van der Waals surface area contributed by atoms with Gasteiger partial charge in [-0.15, -0.1) is 0 Å². The number of aromatic nitrogens is 1. The minimum absolute atomic E-state index is 0.0259. The van der Waals surface area contributed by atoms with E-state index in [1.807, 2.05) is 11.8 Å². The fraction of sp³-hybridized carbons (Fsp3) is 0.650. The van der Waals surface area contributed by atoms with E-state index in [9.17, 15) is 73.2 Å². The van der Waals surface area contributed by atoms with Crippen molar-refractivity contribution in [3.05, 3.63) is 35.4 Å². The van der Waals surface area contributed by atoms with Crippen molar-refractivity contribution in [2.45, 2.75) is 175 Å². The third kappa shape index (κ3) is 20.2. The van der Waals surface area contributed by atoms with E-state index in [1.54, 1.807) is 30.8 Å². The van der Waals surface area contributed by atoms with Crippen molar-refractivity contribution >= 4 is 98.4 Å². The lowest BCUT2D eigenvalue weighted by atomic mass is 9.94. The van der Waals surface area contributed by atoms with Gasteiger partial charge in [-0.25, -0.2) is 0 Å². The number of carbonyl (C=O) groups is 11. The maximum atomic E-state index is 15.2. The highest BCUT2D eigenvalue weighted by Crippen LogP contribution is 2.38. The Morgan fingerprint density at radius 1 is 0.879 bits per heavy atom. The molecule has 0 saturated carbocycles. The summed E-state index contributed by atoms with van der Waals surface area (Å²) in [7, 11) is -0.880. The monoisotopic (exact) mass is 1310 g/mol. The van der Waals surface area contributed by atoms with Gasteiger partial charge in [0.05, 0.1) is 79.6 Å². The first-order valence-corrected chi connectivity index (χ1v) is 33.4. The van der Waals surface area contributed by atoms with E-state index in [0.717, 1.165) is 11.3 Å². The molecule has 0 spiro atoms. The highest BCUT2D eigenvalue weighted by Gasteiger charge is 2.45. The van der Waals surface area contributed by atoms with E-state index in [4.69, 9.17) is 16.2 Å². The maximum Gasteiger partial charge on any atom is 0.253 e. The minimum atomic E-state index is -2.35. The van der Waals surface area contributed by atoms with Gasteiger partial charge in [-0.3, -0.25) is 61.8 Å². The number of H-pyrrole nitrogens is 1. The molecule has 2 saturated heterocycles. The molecule has 6 rings (SSSR count). The number of piperidine rings is 1. The molecule has 5 heterocycles. The second-order valence-electron chi connectivity index (χ2n) is 23.7. The predicted molar refractivity (Wildman–Crippen MR) is 334 cm³/mol. The zero-order chi connectivity index (χ0) is 66.6. The largest absolute Gasteiger partial charge is 0.496 e. The number of fused-ring (bicyclic) bond motifs is 4. The molecule has 504 valence electrons. The Labute approximate surface area is 534 Å². The zero-order valence-electron chi connectivity index (χ0n) is 52.0. The van der Waals surface area contributed by atoms with Crippen LogP contribution in [0.15, 0.2) is 29.3 Å². The lowest BCUT2D eigenvalue weighted by molar-refractivity contribution is -0.144. The molecule has 1 aromatic heterocycles. The molecule has 0 radical (unpaired) electrons. The highest BCUT2D eigenvalue weighted by atomic mass is 32.2. The number of methoxy groups -OCH3 is 1. The summed E-state index contributed by atoms with van der Waals surface area (Å²) in [6.45, 7) is 4.01. The van der Waals surface area contributed by atoms with E-state index in [2.05, 4.69) is 36.9 Å². The van der Waals surface area contributed by atoms with Gasteiger partial charge in [0, 0.05) is 92.0 Å². The molecule has 15 N–H and O–H groups in total. The van der Waals surface area contributed by atoms with Crippen molar-refractivity contribution < 1.29 is 82.1 Å². The lowest BCUT2D eigenvalue weighted by Gasteiger charge is -2.32. The van der Waals surface area contributed by atoms with Crippen LogP contribution >= 0.6 is 11.8 Å². The van der Waals surface area contributed by atoms with Crippen LogP contribution in [0.2, 0.25) is 0 Å². The number of rotatable bonds is 28. The van der Waals surface area contributed by atoms with E-state index < -0.39 is 145 Å². The molecule has 2 aromatic rings. The Kier molecular flexibility index (Phi) is 28.2. The standard InChI is InChI=1S/C60H90N12O17S2/c1-5-33(2)52(62)57(85)64-27-48(79)66-42-32-91(88)59-39(24-35(29-73)65-58(86)53(34(3)44(76)30-74)68-56(84)43-25-36(75)28-72(43)60(87)41(26-46(61)77)67-55(42)83)38-14-15-45(89-4)40(54(38)69-59)31-90-37-18-22-70(23-19-37)49(80)13-9-6-10-20-63-47(78)12-8-7-11-21-71-50(81)16-17-51(71)82/h14-17,33-37,41-44,52-53,69,73-76H,5-13,18-32,62H2,1-4H3,(H2,61,77)(H,63,78)(H,64,85)(H,65,86)(H,66,79)(H,67,83)(H,68,84)/t33-,34-,35-,36+,41-,42-,43-,44-,52-,53-,91?/m0/s1. The van der Waals surface area contributed by atoms with Crippen LogP contribution in [0.25, 0.3) is 10.9 Å². The molecule has 1 aromatic carbocycles. The lowest BCUT2D eigenvalue weighted by Crippen LogP contribution is -2.61. The number of hydrogen-bond acceptors (Lipinski definition) is 19. The zero-order valence-corrected chi connectivity index (χ0v) is 53.7. The van der Waals surface area contributed by atoms with Crippen LogP contribution in [-0.2, 0) is 75.7 Å². The molecule has 4 aliphatic heterocycles. The number of benzene rings is 1. The minimum Gasteiger partial charge on any atom is -0.496 e. The molecular formula is C60H90N12O17S2. The topological polar surface area (TPSA) is 445 Å². The molecule has 31 heteroatoms. The van der Waals surface area contributed by atoms with Crippen LogP contribution in [0.5, 0.6) is 5.75 Å². The summed E-state index contributed by atoms with van der Waals surface area (Å²) >= 11 is 1.61. The fourth-order valence-electron chi connectivity index (χ4n) is 11.4. The number of nitrogens with zero attached hydrogens (tertiary/aromatic N) is 3. The van der Waals surface area contributed by atoms with Crippen LogP contribution in [0.3, 0.4) is 0 Å². The highest BCUT2D eigenvalue weighted by molar-refractivity contribution is 7.99. The average molecular weight is 1320 g/mol. The number of hydrogen-bond donors (Lipinski definition) is 13. The molecule has 1 unspecified atom stereocenters. The van der Waals surface area contributed by atoms with Gasteiger partial charge in [-0.1, -0.05) is 40.0 Å². The number of nitrogens with two attached hydrogens (primary N) is 2. The molecule has 0 bridgehead atoms. The van der Waals surface area contributed by atoms with Crippen LogP contribution in [0.4, 0.5) is 0 Å². The molecule has 2 fully saturated rings. The quantitative estimate of drug-likeness (QED) is 0.0309. The van der Waals surface area contributed by atoms with E-state index in [0.29, 0.717) is 118 Å². The van der Waals surface area contributed by atoms with Gasteiger partial charge in [0.2, 0.25) is 53.2 Å². The number of aliphatic hydroxyl groups is 4. The number of carbonyl (C=O) groups excluding carboxylic acids is 11. The van der Waals surface area contributed by atoms with Gasteiger partial charge >= 0.3 is 0 Å². The van der Waals surface area contributed by atoms with E-state index in [-0.39, 0.29) is 58.2 Å². The van der Waals surface area contributed by atoms with E-state index in [1.165, 1.54) is 31.1 Å². The number of likely N-dealkylation sites (tertiary alicyclic amines) is 1. The number of primary amides is 1. The third-order valence-corrected chi connectivity index (χ3v) is 20.0. The third-order valence-electron chi connectivity index (χ3n) is 17.1. The van der Waals surface area contributed by atoms with Gasteiger partial charge in [-0.2, -0.15) is 11.8 Å². The second-order valence-corrected chi connectivity index (χ2v) is 26.4. The predicted octanol–water partition coefficient (Wildman–Crippen LogP) is -2.53. The SMILES string of the molecule is CC[C@H](C)[C@H](N)C(=O)NCC(=O)N[C@H]1CS(=O)c2[nH]c3c(CSC4CCN(C(=O)CCCCCNC(=O)CCCCCN5C(=O)C=CC5=O)CC4)c(OC)ccc3c2C[C@@H](CO)NC(=O)[C@H]([C@@H](C)[C@@H](O)CO)NC(=O)[C@@H]2C[C@@H](O)CN2C(=O)[C@H](CC(N)=O)NC1=O.